The van der Waals surface area contributed by atoms with Crippen LogP contribution in [-0.2, 0) is 16.2 Å². The number of benzene rings is 3. The van der Waals surface area contributed by atoms with Crippen molar-refractivity contribution in [3.05, 3.63) is 91.0 Å². The molecule has 1 fully saturated rings. The van der Waals surface area contributed by atoms with Crippen molar-refractivity contribution in [1.82, 2.24) is 5.32 Å². The largest absolute Gasteiger partial charge is 0.493 e. The van der Waals surface area contributed by atoms with Crippen molar-refractivity contribution in [3.63, 3.8) is 0 Å². The van der Waals surface area contributed by atoms with E-state index in [1.165, 1.54) is 13.2 Å². The van der Waals surface area contributed by atoms with Crippen molar-refractivity contribution >= 4 is 63.8 Å². The number of anilines is 1. The van der Waals surface area contributed by atoms with Gasteiger partial charge in [-0.05, 0) is 101 Å². The third kappa shape index (κ3) is 5.55. The molecule has 1 aliphatic rings. The fourth-order valence-corrected chi connectivity index (χ4v) is 4.47. The van der Waals surface area contributed by atoms with E-state index in [1.54, 1.807) is 24.3 Å². The highest BCUT2D eigenvalue weighted by atomic mass is 127. The number of barbiturate groups is 1. The lowest BCUT2D eigenvalue weighted by atomic mass is 10.0. The van der Waals surface area contributed by atoms with Gasteiger partial charge in [0.05, 0.1) is 17.8 Å². The van der Waals surface area contributed by atoms with Gasteiger partial charge in [0, 0.05) is 3.57 Å². The minimum Gasteiger partial charge on any atom is -0.493 e. The van der Waals surface area contributed by atoms with Gasteiger partial charge in [0.2, 0.25) is 0 Å². The summed E-state index contributed by atoms with van der Waals surface area (Å²) in [6, 6.07) is 15.6. The van der Waals surface area contributed by atoms with E-state index in [-0.39, 0.29) is 17.2 Å². The Hall–Kier alpha value is -3.37. The number of nitrogens with zero attached hydrogens (tertiary/aromatic N) is 1. The molecule has 0 aromatic heterocycles. The van der Waals surface area contributed by atoms with Crippen LogP contribution in [-0.4, -0.2) is 25.0 Å². The van der Waals surface area contributed by atoms with Crippen LogP contribution in [0.4, 0.5) is 10.5 Å². The van der Waals surface area contributed by atoms with Crippen LogP contribution in [0.25, 0.3) is 6.08 Å². The molecule has 1 aliphatic heterocycles. The van der Waals surface area contributed by atoms with Gasteiger partial charge in [-0.25, -0.2) is 9.69 Å². The standard InChI is InChI=1S/C27H22ClIN2O5/c1-15-8-16(2)10-20(9-15)31-26(33)21(25(32)30-27(31)34)11-18-12-22(28)24(23(13-18)35-3)36-14-17-4-6-19(29)7-5-17/h4-13H,14H2,1-3H3,(H,30,32,34)/b21-11+. The third-order valence-corrected chi connectivity index (χ3v) is 6.43. The average Bonchev–Trinajstić information content (AvgIpc) is 2.81. The molecule has 0 spiro atoms. The number of nitrogens with one attached hydrogen (secondary N) is 1. The van der Waals surface area contributed by atoms with Crippen molar-refractivity contribution in [2.75, 3.05) is 12.0 Å². The summed E-state index contributed by atoms with van der Waals surface area (Å²) in [7, 11) is 1.47. The van der Waals surface area contributed by atoms with Gasteiger partial charge in [-0.1, -0.05) is 29.8 Å². The molecule has 0 atom stereocenters. The Morgan fingerprint density at radius 3 is 2.31 bits per heavy atom. The van der Waals surface area contributed by atoms with Crippen LogP contribution in [0, 0.1) is 17.4 Å². The smallest absolute Gasteiger partial charge is 0.335 e. The maximum Gasteiger partial charge on any atom is 0.335 e. The number of amides is 4. The number of carbonyl (C=O) groups is 3. The Kier molecular flexibility index (Phi) is 7.65. The van der Waals surface area contributed by atoms with Crippen LogP contribution in [0.5, 0.6) is 11.5 Å². The molecule has 4 rings (SSSR count). The summed E-state index contributed by atoms with van der Waals surface area (Å²) in [5.74, 6) is -0.847. The molecular formula is C27H22ClIN2O5. The fraction of sp³-hybridized carbons (Fsp3) is 0.148. The quantitative estimate of drug-likeness (QED) is 0.215. The van der Waals surface area contributed by atoms with Gasteiger partial charge in [0.15, 0.2) is 11.5 Å². The Bertz CT molecular complexity index is 1380. The Balaban J connectivity index is 1.65. The van der Waals surface area contributed by atoms with E-state index in [1.807, 2.05) is 44.2 Å². The Morgan fingerprint density at radius 1 is 1.00 bits per heavy atom. The predicted molar refractivity (Wildman–Crippen MR) is 146 cm³/mol. The number of carbonyl (C=O) groups excluding carboxylic acids is 3. The molecule has 0 bridgehead atoms. The van der Waals surface area contributed by atoms with Crippen LogP contribution in [0.15, 0.2) is 60.2 Å². The van der Waals surface area contributed by atoms with Crippen molar-refractivity contribution in [1.29, 1.82) is 0 Å². The van der Waals surface area contributed by atoms with Gasteiger partial charge >= 0.3 is 6.03 Å². The van der Waals surface area contributed by atoms with E-state index in [9.17, 15) is 14.4 Å². The predicted octanol–water partition coefficient (Wildman–Crippen LogP) is 5.82. The number of urea groups is 1. The van der Waals surface area contributed by atoms with Crippen LogP contribution in [0.3, 0.4) is 0 Å². The summed E-state index contributed by atoms with van der Waals surface area (Å²) in [6.45, 7) is 4.00. The normalized spacial score (nSPS) is 14.8. The van der Waals surface area contributed by atoms with Gasteiger partial charge in [-0.3, -0.25) is 14.9 Å². The molecule has 0 unspecified atom stereocenters. The topological polar surface area (TPSA) is 84.9 Å². The molecule has 0 radical (unpaired) electrons. The first kappa shape index (κ1) is 25.7. The van der Waals surface area contributed by atoms with Crippen LogP contribution in [0.2, 0.25) is 5.02 Å². The zero-order valence-electron chi connectivity index (χ0n) is 19.7. The summed E-state index contributed by atoms with van der Waals surface area (Å²) < 4.78 is 12.5. The molecule has 9 heteroatoms. The molecule has 1 heterocycles. The van der Waals surface area contributed by atoms with Crippen LogP contribution in [0.1, 0.15) is 22.3 Å². The molecule has 0 aliphatic carbocycles. The lowest BCUT2D eigenvalue weighted by molar-refractivity contribution is -0.122. The summed E-state index contributed by atoms with van der Waals surface area (Å²) in [4.78, 5) is 39.3. The van der Waals surface area contributed by atoms with Crippen LogP contribution < -0.4 is 19.7 Å². The van der Waals surface area contributed by atoms with Crippen LogP contribution >= 0.6 is 34.2 Å². The van der Waals surface area contributed by atoms with Gasteiger partial charge in [0.1, 0.15) is 12.2 Å². The highest BCUT2D eigenvalue weighted by Gasteiger charge is 2.37. The van der Waals surface area contributed by atoms with Crippen molar-refractivity contribution in [3.8, 4) is 11.5 Å². The second-order valence-corrected chi connectivity index (χ2v) is 9.91. The zero-order valence-corrected chi connectivity index (χ0v) is 22.6. The molecular weight excluding hydrogens is 595 g/mol. The number of hydrogen-bond acceptors (Lipinski definition) is 5. The molecule has 3 aromatic rings. The first-order chi connectivity index (χ1) is 17.2. The maximum atomic E-state index is 13.2. The van der Waals surface area contributed by atoms with E-state index in [4.69, 9.17) is 21.1 Å². The van der Waals surface area contributed by atoms with E-state index in [2.05, 4.69) is 27.9 Å². The van der Waals surface area contributed by atoms with Gasteiger partial charge in [-0.2, -0.15) is 0 Å². The number of methoxy groups -OCH3 is 1. The number of halogens is 2. The summed E-state index contributed by atoms with van der Waals surface area (Å²) in [5, 5.41) is 2.48. The number of imide groups is 2. The highest BCUT2D eigenvalue weighted by Crippen LogP contribution is 2.38. The molecule has 0 saturated carbocycles. The van der Waals surface area contributed by atoms with Gasteiger partial charge < -0.3 is 9.47 Å². The highest BCUT2D eigenvalue weighted by molar-refractivity contribution is 14.1. The molecule has 3 aromatic carbocycles. The minimum absolute atomic E-state index is 0.209. The monoisotopic (exact) mass is 616 g/mol. The number of rotatable bonds is 6. The second kappa shape index (κ2) is 10.7. The number of hydrogen-bond donors (Lipinski definition) is 1. The van der Waals surface area contributed by atoms with Crippen molar-refractivity contribution in [2.24, 2.45) is 0 Å². The molecule has 1 N–H and O–H groups in total. The SMILES string of the molecule is COc1cc(/C=C2\C(=O)NC(=O)N(c3cc(C)cc(C)c3)C2=O)cc(Cl)c1OCc1ccc(I)cc1. The molecule has 36 heavy (non-hydrogen) atoms. The number of aryl methyl sites for hydroxylation is 2. The lowest BCUT2D eigenvalue weighted by Gasteiger charge is -2.27. The maximum absolute atomic E-state index is 13.2. The second-order valence-electron chi connectivity index (χ2n) is 8.25. The molecule has 4 amide bonds. The summed E-state index contributed by atoms with van der Waals surface area (Å²) in [6.07, 6.45) is 1.37. The summed E-state index contributed by atoms with van der Waals surface area (Å²) >= 11 is 8.72. The first-order valence-electron chi connectivity index (χ1n) is 10.9. The van der Waals surface area contributed by atoms with E-state index in [0.29, 0.717) is 22.7 Å². The lowest BCUT2D eigenvalue weighted by Crippen LogP contribution is -2.54. The first-order valence-corrected chi connectivity index (χ1v) is 12.4. The molecule has 1 saturated heterocycles. The minimum atomic E-state index is -0.804. The van der Waals surface area contributed by atoms with E-state index in [0.717, 1.165) is 25.2 Å². The Morgan fingerprint density at radius 2 is 1.67 bits per heavy atom. The number of ether oxygens (including phenoxy) is 2. The Labute approximate surface area is 227 Å². The van der Waals surface area contributed by atoms with Crippen molar-refractivity contribution < 1.29 is 23.9 Å². The zero-order chi connectivity index (χ0) is 26.0. The fourth-order valence-electron chi connectivity index (χ4n) is 3.84. The average molecular weight is 617 g/mol. The molecule has 184 valence electrons. The van der Waals surface area contributed by atoms with Crippen molar-refractivity contribution in [2.45, 2.75) is 20.5 Å². The van der Waals surface area contributed by atoms with Gasteiger partial charge in [-0.15, -0.1) is 0 Å². The molecule has 7 nitrogen and oxygen atoms in total. The summed E-state index contributed by atoms with van der Waals surface area (Å²) in [5.41, 5.74) is 3.32. The van der Waals surface area contributed by atoms with E-state index >= 15 is 0 Å². The van der Waals surface area contributed by atoms with Gasteiger partial charge in [0.25, 0.3) is 11.8 Å². The third-order valence-electron chi connectivity index (χ3n) is 5.43. The van der Waals surface area contributed by atoms with E-state index < -0.39 is 17.8 Å².